The van der Waals surface area contributed by atoms with E-state index in [2.05, 4.69) is 84.3 Å². The van der Waals surface area contributed by atoms with Crippen molar-refractivity contribution in [3.05, 3.63) is 94.8 Å². The van der Waals surface area contributed by atoms with Gasteiger partial charge in [0, 0.05) is 18.2 Å². The van der Waals surface area contributed by atoms with Crippen LogP contribution >= 0.6 is 0 Å². The molecule has 0 aromatic heterocycles. The van der Waals surface area contributed by atoms with E-state index >= 15 is 0 Å². The summed E-state index contributed by atoms with van der Waals surface area (Å²) in [6.07, 6.45) is 2.87. The normalized spacial score (nSPS) is 15.4. The Kier molecular flexibility index (Phi) is 10.3. The predicted molar refractivity (Wildman–Crippen MR) is 164 cm³/mol. The number of anilines is 1. The SMILES string of the molecule is C=CC(COc1cc(C)c(-c2cccc(CNc3ccc(CCC4N=NNN4)c(F)c3)c2C)c(C)c1)COC(C)(C)O. The van der Waals surface area contributed by atoms with Gasteiger partial charge in [0.05, 0.1) is 13.2 Å². The zero-order valence-corrected chi connectivity index (χ0v) is 25.1. The summed E-state index contributed by atoms with van der Waals surface area (Å²) in [5.74, 6) is -0.693. The quantitative estimate of drug-likeness (QED) is 0.126. The lowest BCUT2D eigenvalue weighted by Gasteiger charge is -2.22. The number of hydrazine groups is 1. The molecule has 3 aromatic rings. The van der Waals surface area contributed by atoms with E-state index in [1.807, 2.05) is 12.1 Å². The summed E-state index contributed by atoms with van der Waals surface area (Å²) in [6.45, 7) is 14.7. The number of hydrogen-bond acceptors (Lipinski definition) is 8. The Hall–Kier alpha value is -3.79. The van der Waals surface area contributed by atoms with Gasteiger partial charge >= 0.3 is 0 Å². The Morgan fingerprint density at radius 2 is 1.86 bits per heavy atom. The number of benzene rings is 3. The van der Waals surface area contributed by atoms with Crippen LogP contribution < -0.4 is 21.0 Å². The van der Waals surface area contributed by atoms with E-state index in [4.69, 9.17) is 9.47 Å². The van der Waals surface area contributed by atoms with Crippen molar-refractivity contribution in [2.75, 3.05) is 18.5 Å². The summed E-state index contributed by atoms with van der Waals surface area (Å²) in [5, 5.41) is 20.9. The van der Waals surface area contributed by atoms with E-state index in [0.29, 0.717) is 38.2 Å². The second-order valence-corrected chi connectivity index (χ2v) is 11.3. The van der Waals surface area contributed by atoms with Crippen LogP contribution in [0.25, 0.3) is 11.1 Å². The number of nitrogens with one attached hydrogen (secondary N) is 3. The monoisotopic (exact) mass is 575 g/mol. The molecule has 2 unspecified atom stereocenters. The van der Waals surface area contributed by atoms with Gasteiger partial charge in [0.2, 0.25) is 0 Å². The first-order valence-electron chi connectivity index (χ1n) is 14.3. The maximum atomic E-state index is 14.8. The van der Waals surface area contributed by atoms with Crippen molar-refractivity contribution >= 4 is 5.69 Å². The summed E-state index contributed by atoms with van der Waals surface area (Å²) in [6, 6.07) is 15.7. The minimum atomic E-state index is -1.20. The third-order valence-electron chi connectivity index (χ3n) is 7.37. The Morgan fingerprint density at radius 1 is 1.10 bits per heavy atom. The van der Waals surface area contributed by atoms with Gasteiger partial charge < -0.3 is 19.9 Å². The second kappa shape index (κ2) is 13.9. The van der Waals surface area contributed by atoms with Gasteiger partial charge in [0.15, 0.2) is 5.79 Å². The molecule has 9 heteroatoms. The molecule has 0 amide bonds. The zero-order valence-electron chi connectivity index (χ0n) is 25.1. The zero-order chi connectivity index (χ0) is 30.3. The second-order valence-electron chi connectivity index (χ2n) is 11.3. The van der Waals surface area contributed by atoms with Crippen LogP contribution in [0.2, 0.25) is 0 Å². The summed E-state index contributed by atoms with van der Waals surface area (Å²) in [5.41, 5.74) is 13.8. The highest BCUT2D eigenvalue weighted by Crippen LogP contribution is 2.34. The van der Waals surface area contributed by atoms with Crippen LogP contribution in [-0.2, 0) is 17.7 Å². The molecule has 0 saturated carbocycles. The number of hydrogen-bond donors (Lipinski definition) is 4. The van der Waals surface area contributed by atoms with Crippen LogP contribution in [0.3, 0.4) is 0 Å². The summed E-state index contributed by atoms with van der Waals surface area (Å²) < 4.78 is 26.3. The summed E-state index contributed by atoms with van der Waals surface area (Å²) in [7, 11) is 0. The van der Waals surface area contributed by atoms with Crippen LogP contribution in [-0.4, -0.2) is 30.3 Å². The molecule has 224 valence electrons. The molecule has 4 rings (SSSR count). The molecule has 8 nitrogen and oxygen atoms in total. The van der Waals surface area contributed by atoms with E-state index in [1.165, 1.54) is 11.1 Å². The third-order valence-corrected chi connectivity index (χ3v) is 7.37. The molecule has 0 bridgehead atoms. The highest BCUT2D eigenvalue weighted by atomic mass is 19.1. The lowest BCUT2D eigenvalue weighted by molar-refractivity contribution is -0.182. The molecular weight excluding hydrogens is 533 g/mol. The standard InChI is InChI=1S/C33H42FN5O3/c1-7-24(20-42-33(5,6)40)19-41-28-15-21(2)32(22(3)16-28)29-10-8-9-26(23(29)4)18-35-27-13-11-25(30(34)17-27)12-14-31-36-38-39-37-31/h7-11,13,15-17,24,31,35,40H,1,12,14,18-20H2,2-6H3,(H,36,39)(H,37,38). The van der Waals surface area contributed by atoms with Crippen LogP contribution in [0.1, 0.15) is 48.1 Å². The van der Waals surface area contributed by atoms with E-state index < -0.39 is 5.79 Å². The first kappa shape index (κ1) is 31.2. The Balaban J connectivity index is 1.41. The number of aliphatic hydroxyl groups is 1. The fourth-order valence-corrected chi connectivity index (χ4v) is 4.99. The molecule has 0 saturated heterocycles. The molecule has 3 aromatic carbocycles. The topological polar surface area (TPSA) is 99.5 Å². The van der Waals surface area contributed by atoms with Gasteiger partial charge in [-0.25, -0.2) is 9.93 Å². The number of rotatable bonds is 14. The van der Waals surface area contributed by atoms with Gasteiger partial charge in [-0.05, 0) is 111 Å². The van der Waals surface area contributed by atoms with Gasteiger partial charge in [-0.1, -0.05) is 35.6 Å². The Morgan fingerprint density at radius 3 is 2.50 bits per heavy atom. The number of aryl methyl sites for hydroxylation is 3. The lowest BCUT2D eigenvalue weighted by Crippen LogP contribution is -2.30. The van der Waals surface area contributed by atoms with Crippen LogP contribution in [0.15, 0.2) is 71.5 Å². The first-order chi connectivity index (χ1) is 20.0. The maximum Gasteiger partial charge on any atom is 0.159 e. The fraction of sp³-hybridized carbons (Fsp3) is 0.394. The van der Waals surface area contributed by atoms with Crippen LogP contribution in [0, 0.1) is 32.5 Å². The summed E-state index contributed by atoms with van der Waals surface area (Å²) in [4.78, 5) is 0. The molecule has 1 aliphatic heterocycles. The van der Waals surface area contributed by atoms with Gasteiger partial charge in [-0.15, -0.1) is 11.7 Å². The smallest absolute Gasteiger partial charge is 0.159 e. The van der Waals surface area contributed by atoms with Crippen molar-refractivity contribution in [1.29, 1.82) is 0 Å². The molecule has 0 spiro atoms. The maximum absolute atomic E-state index is 14.8. The summed E-state index contributed by atoms with van der Waals surface area (Å²) >= 11 is 0. The van der Waals surface area contributed by atoms with Crippen molar-refractivity contribution < 1.29 is 19.0 Å². The molecule has 0 radical (unpaired) electrons. The van der Waals surface area contributed by atoms with Gasteiger partial charge in [-0.2, -0.15) is 5.43 Å². The van der Waals surface area contributed by atoms with Gasteiger partial charge in [0.1, 0.15) is 17.7 Å². The van der Waals surface area contributed by atoms with E-state index in [-0.39, 0.29) is 17.9 Å². The number of halogens is 1. The molecular formula is C33H42FN5O3. The molecule has 2 atom stereocenters. The minimum Gasteiger partial charge on any atom is -0.493 e. The molecule has 42 heavy (non-hydrogen) atoms. The largest absolute Gasteiger partial charge is 0.493 e. The van der Waals surface area contributed by atoms with Crippen LogP contribution in [0.5, 0.6) is 5.75 Å². The molecule has 4 N–H and O–H groups in total. The van der Waals surface area contributed by atoms with Crippen molar-refractivity contribution in [2.24, 2.45) is 16.3 Å². The van der Waals surface area contributed by atoms with Crippen molar-refractivity contribution in [3.63, 3.8) is 0 Å². The predicted octanol–water partition coefficient (Wildman–Crippen LogP) is 6.69. The lowest BCUT2D eigenvalue weighted by atomic mass is 9.90. The molecule has 1 aliphatic rings. The fourth-order valence-electron chi connectivity index (χ4n) is 4.99. The van der Waals surface area contributed by atoms with Crippen LogP contribution in [0.4, 0.5) is 10.1 Å². The van der Waals surface area contributed by atoms with Crippen molar-refractivity contribution in [1.82, 2.24) is 11.0 Å². The highest BCUT2D eigenvalue weighted by molar-refractivity contribution is 5.75. The molecule has 0 aliphatic carbocycles. The molecule has 1 heterocycles. The average Bonchev–Trinajstić information content (AvgIpc) is 3.46. The van der Waals surface area contributed by atoms with Gasteiger partial charge in [-0.3, -0.25) is 0 Å². The Labute approximate surface area is 248 Å². The average molecular weight is 576 g/mol. The first-order valence-corrected chi connectivity index (χ1v) is 14.3. The Bertz CT molecular complexity index is 1400. The number of ether oxygens (including phenoxy) is 2. The third kappa shape index (κ3) is 8.38. The van der Waals surface area contributed by atoms with E-state index in [9.17, 15) is 9.50 Å². The minimum absolute atomic E-state index is 0.0492. The van der Waals surface area contributed by atoms with Crippen molar-refractivity contribution in [2.45, 2.75) is 66.0 Å². The van der Waals surface area contributed by atoms with E-state index in [1.54, 1.807) is 26.0 Å². The highest BCUT2D eigenvalue weighted by Gasteiger charge is 2.17. The number of nitrogens with zero attached hydrogens (tertiary/aromatic N) is 2. The van der Waals surface area contributed by atoms with Crippen molar-refractivity contribution in [3.8, 4) is 16.9 Å². The van der Waals surface area contributed by atoms with E-state index in [0.717, 1.165) is 33.7 Å². The molecule has 0 fully saturated rings. The van der Waals surface area contributed by atoms with Gasteiger partial charge in [0.25, 0.3) is 0 Å².